The van der Waals surface area contributed by atoms with Crippen molar-refractivity contribution in [3.63, 3.8) is 0 Å². The molecule has 7 nitrogen and oxygen atoms in total. The fourth-order valence-electron chi connectivity index (χ4n) is 3.43. The first-order valence-electron chi connectivity index (χ1n) is 9.31. The van der Waals surface area contributed by atoms with Crippen LogP contribution in [-0.2, 0) is 14.3 Å². The van der Waals surface area contributed by atoms with Crippen molar-refractivity contribution >= 4 is 29.4 Å². The number of benzene rings is 1. The van der Waals surface area contributed by atoms with E-state index < -0.39 is 17.9 Å². The molecule has 0 spiro atoms. The predicted molar refractivity (Wildman–Crippen MR) is 104 cm³/mol. The lowest BCUT2D eigenvalue weighted by Crippen LogP contribution is -2.57. The summed E-state index contributed by atoms with van der Waals surface area (Å²) in [6.45, 7) is 8.44. The van der Waals surface area contributed by atoms with Gasteiger partial charge in [0, 0.05) is 31.2 Å². The van der Waals surface area contributed by atoms with Gasteiger partial charge in [0.2, 0.25) is 11.9 Å². The third-order valence-corrected chi connectivity index (χ3v) is 5.18. The zero-order valence-electron chi connectivity index (χ0n) is 15.7. The molecule has 1 amide bonds. The van der Waals surface area contributed by atoms with E-state index in [-0.39, 0.29) is 12.5 Å². The maximum atomic E-state index is 12.8. The van der Waals surface area contributed by atoms with Gasteiger partial charge in [-0.3, -0.25) is 14.9 Å². The van der Waals surface area contributed by atoms with Gasteiger partial charge in [0.25, 0.3) is 0 Å². The minimum absolute atomic E-state index is 0.209. The van der Waals surface area contributed by atoms with Gasteiger partial charge in [0.05, 0.1) is 6.61 Å². The molecule has 0 bridgehead atoms. The van der Waals surface area contributed by atoms with Crippen LogP contribution >= 0.6 is 11.6 Å². The number of nitrogens with zero attached hydrogens (tertiary/aromatic N) is 3. The molecule has 0 radical (unpaired) electrons. The third-order valence-electron chi connectivity index (χ3n) is 4.94. The number of hydrogen-bond acceptors (Lipinski definition) is 6. The van der Waals surface area contributed by atoms with Crippen LogP contribution < -0.4 is 5.32 Å². The SMILES string of the molecule is CCOC(=O)[C@H]1C(=O)NC(N2CCN(CC)CC2)=N[C@H]1c1cccc(Cl)c1. The Kier molecular flexibility index (Phi) is 6.34. The molecule has 1 N–H and O–H groups in total. The van der Waals surface area contributed by atoms with Crippen molar-refractivity contribution in [1.29, 1.82) is 0 Å². The number of guanidine groups is 1. The van der Waals surface area contributed by atoms with Crippen molar-refractivity contribution in [2.24, 2.45) is 10.9 Å². The van der Waals surface area contributed by atoms with E-state index >= 15 is 0 Å². The zero-order chi connectivity index (χ0) is 19.4. The highest BCUT2D eigenvalue weighted by Crippen LogP contribution is 2.32. The lowest BCUT2D eigenvalue weighted by Gasteiger charge is -2.38. The van der Waals surface area contributed by atoms with Gasteiger partial charge in [0.1, 0.15) is 6.04 Å². The Morgan fingerprint density at radius 1 is 1.30 bits per heavy atom. The molecule has 1 saturated heterocycles. The van der Waals surface area contributed by atoms with Crippen LogP contribution in [0, 0.1) is 5.92 Å². The smallest absolute Gasteiger partial charge is 0.321 e. The summed E-state index contributed by atoms with van der Waals surface area (Å²) >= 11 is 6.12. The molecule has 27 heavy (non-hydrogen) atoms. The number of amides is 1. The van der Waals surface area contributed by atoms with Crippen LogP contribution in [0.5, 0.6) is 0 Å². The lowest BCUT2D eigenvalue weighted by molar-refractivity contribution is -0.153. The van der Waals surface area contributed by atoms with E-state index in [0.29, 0.717) is 11.0 Å². The van der Waals surface area contributed by atoms with Crippen LogP contribution in [0.1, 0.15) is 25.5 Å². The van der Waals surface area contributed by atoms with Gasteiger partial charge in [-0.25, -0.2) is 4.99 Å². The Morgan fingerprint density at radius 2 is 2.04 bits per heavy atom. The molecule has 8 heteroatoms. The van der Waals surface area contributed by atoms with E-state index in [1.54, 1.807) is 25.1 Å². The van der Waals surface area contributed by atoms with Crippen LogP contribution in [0.25, 0.3) is 0 Å². The Bertz CT molecular complexity index is 731. The molecule has 1 fully saturated rings. The summed E-state index contributed by atoms with van der Waals surface area (Å²) in [5.74, 6) is -1.47. The number of hydrogen-bond donors (Lipinski definition) is 1. The van der Waals surface area contributed by atoms with Gasteiger partial charge in [0.15, 0.2) is 5.92 Å². The van der Waals surface area contributed by atoms with Crippen LogP contribution in [0.15, 0.2) is 29.3 Å². The maximum absolute atomic E-state index is 12.8. The molecule has 2 atom stereocenters. The molecule has 1 aromatic carbocycles. The minimum Gasteiger partial charge on any atom is -0.465 e. The zero-order valence-corrected chi connectivity index (χ0v) is 16.4. The van der Waals surface area contributed by atoms with E-state index in [2.05, 4.69) is 22.0 Å². The quantitative estimate of drug-likeness (QED) is 0.623. The first-order chi connectivity index (χ1) is 13.0. The molecule has 0 unspecified atom stereocenters. The number of piperazine rings is 1. The standard InChI is InChI=1S/C19H25ClN4O3/c1-3-23-8-10-24(11-9-23)19-21-16(13-6-5-7-14(20)12-13)15(17(25)22-19)18(26)27-4-2/h5-7,12,15-16H,3-4,8-11H2,1-2H3,(H,21,22,25)/t15-,16+/m1/s1. The monoisotopic (exact) mass is 392 g/mol. The molecule has 1 aromatic rings. The molecule has 0 aromatic heterocycles. The fraction of sp³-hybridized carbons (Fsp3) is 0.526. The molecule has 2 aliphatic rings. The fourth-order valence-corrected chi connectivity index (χ4v) is 3.63. The highest BCUT2D eigenvalue weighted by Gasteiger charge is 2.42. The molecule has 2 aliphatic heterocycles. The number of esters is 1. The van der Waals surface area contributed by atoms with Gasteiger partial charge in [-0.05, 0) is 31.2 Å². The number of aliphatic imine (C=N–C) groups is 1. The van der Waals surface area contributed by atoms with Crippen molar-refractivity contribution in [3.8, 4) is 0 Å². The maximum Gasteiger partial charge on any atom is 0.321 e. The number of nitrogens with one attached hydrogen (secondary N) is 1. The van der Waals surface area contributed by atoms with E-state index in [1.807, 2.05) is 6.07 Å². The Hall–Kier alpha value is -2.12. The number of carbonyl (C=O) groups is 2. The van der Waals surface area contributed by atoms with Crippen molar-refractivity contribution in [1.82, 2.24) is 15.1 Å². The van der Waals surface area contributed by atoms with Crippen LogP contribution in [0.4, 0.5) is 0 Å². The summed E-state index contributed by atoms with van der Waals surface area (Å²) in [6.07, 6.45) is 0. The molecule has 146 valence electrons. The summed E-state index contributed by atoms with van der Waals surface area (Å²) < 4.78 is 5.12. The average Bonchev–Trinajstić information content (AvgIpc) is 2.67. The van der Waals surface area contributed by atoms with Crippen molar-refractivity contribution < 1.29 is 14.3 Å². The van der Waals surface area contributed by atoms with Gasteiger partial charge in [-0.2, -0.15) is 0 Å². The van der Waals surface area contributed by atoms with Crippen molar-refractivity contribution in [2.45, 2.75) is 19.9 Å². The van der Waals surface area contributed by atoms with Crippen LogP contribution in [0.3, 0.4) is 0 Å². The number of likely N-dealkylation sites (N-methyl/N-ethyl adjacent to an activating group) is 1. The summed E-state index contributed by atoms with van der Waals surface area (Å²) in [7, 11) is 0. The Morgan fingerprint density at radius 3 is 2.67 bits per heavy atom. The van der Waals surface area contributed by atoms with Gasteiger partial charge in [-0.1, -0.05) is 30.7 Å². The van der Waals surface area contributed by atoms with Gasteiger partial charge in [-0.15, -0.1) is 0 Å². The third kappa shape index (κ3) is 4.42. The average molecular weight is 393 g/mol. The van der Waals surface area contributed by atoms with Crippen molar-refractivity contribution in [3.05, 3.63) is 34.9 Å². The summed E-state index contributed by atoms with van der Waals surface area (Å²) in [6, 6.07) is 6.46. The van der Waals surface area contributed by atoms with Gasteiger partial charge < -0.3 is 14.5 Å². The summed E-state index contributed by atoms with van der Waals surface area (Å²) in [5, 5.41) is 3.34. The normalized spacial score (nSPS) is 23.6. The highest BCUT2D eigenvalue weighted by atomic mass is 35.5. The van der Waals surface area contributed by atoms with Crippen LogP contribution in [0.2, 0.25) is 5.02 Å². The van der Waals surface area contributed by atoms with E-state index in [0.717, 1.165) is 38.3 Å². The highest BCUT2D eigenvalue weighted by molar-refractivity contribution is 6.30. The van der Waals surface area contributed by atoms with Gasteiger partial charge >= 0.3 is 5.97 Å². The first-order valence-corrected chi connectivity index (χ1v) is 9.69. The molecule has 3 rings (SSSR count). The largest absolute Gasteiger partial charge is 0.465 e. The van der Waals surface area contributed by atoms with E-state index in [4.69, 9.17) is 21.3 Å². The molecule has 0 aliphatic carbocycles. The minimum atomic E-state index is -1.02. The lowest BCUT2D eigenvalue weighted by atomic mass is 9.91. The number of carbonyl (C=O) groups excluding carboxylic acids is 2. The molecular weight excluding hydrogens is 368 g/mol. The van der Waals surface area contributed by atoms with Crippen molar-refractivity contribution in [2.75, 3.05) is 39.3 Å². The molecule has 2 heterocycles. The number of halogens is 1. The number of ether oxygens (including phenoxy) is 1. The molecular formula is C19H25ClN4O3. The first kappa shape index (κ1) is 19.6. The van der Waals surface area contributed by atoms with E-state index in [1.165, 1.54) is 0 Å². The topological polar surface area (TPSA) is 74.2 Å². The second kappa shape index (κ2) is 8.71. The predicted octanol–water partition coefficient (Wildman–Crippen LogP) is 1.68. The summed E-state index contributed by atoms with van der Waals surface area (Å²) in [4.78, 5) is 34.4. The van der Waals surface area contributed by atoms with Crippen LogP contribution in [-0.4, -0.2) is 67.0 Å². The number of rotatable bonds is 4. The Labute approximate surface area is 164 Å². The second-order valence-electron chi connectivity index (χ2n) is 6.59. The Balaban J connectivity index is 1.91. The summed E-state index contributed by atoms with van der Waals surface area (Å²) in [5.41, 5.74) is 0.722. The second-order valence-corrected chi connectivity index (χ2v) is 7.03. The molecule has 0 saturated carbocycles. The van der Waals surface area contributed by atoms with E-state index in [9.17, 15) is 9.59 Å².